The SMILES string of the molecule is O=C(C1CCC1)N1CCN(C(=O)C2CC(=O)N(c3ccc4c(c3)OCCO4)C2)CC1. The smallest absolute Gasteiger partial charge is 0.228 e. The Labute approximate surface area is 175 Å². The van der Waals surface area contributed by atoms with Crippen LogP contribution >= 0.6 is 0 Å². The lowest BCUT2D eigenvalue weighted by Gasteiger charge is -2.38. The predicted octanol–water partition coefficient (Wildman–Crippen LogP) is 1.28. The van der Waals surface area contributed by atoms with Gasteiger partial charge in [-0.05, 0) is 25.0 Å². The zero-order valence-corrected chi connectivity index (χ0v) is 17.0. The highest BCUT2D eigenvalue weighted by atomic mass is 16.6. The molecular formula is C22H27N3O5. The highest BCUT2D eigenvalue weighted by Gasteiger charge is 2.39. The Bertz CT molecular complexity index is 860. The molecule has 3 aliphatic heterocycles. The average molecular weight is 413 g/mol. The van der Waals surface area contributed by atoms with Gasteiger partial charge in [0, 0.05) is 56.8 Å². The van der Waals surface area contributed by atoms with E-state index in [1.54, 1.807) is 4.90 Å². The molecule has 1 aromatic carbocycles. The third-order valence-corrected chi connectivity index (χ3v) is 6.67. The van der Waals surface area contributed by atoms with Crippen molar-refractivity contribution in [2.75, 3.05) is 50.8 Å². The van der Waals surface area contributed by atoms with Crippen LogP contribution in [0, 0.1) is 11.8 Å². The number of amides is 3. The lowest BCUT2D eigenvalue weighted by Crippen LogP contribution is -2.53. The first-order chi connectivity index (χ1) is 14.6. The molecule has 30 heavy (non-hydrogen) atoms. The van der Waals surface area contributed by atoms with E-state index in [1.165, 1.54) is 0 Å². The number of carbonyl (C=O) groups is 3. The second-order valence-corrected chi connectivity index (χ2v) is 8.51. The minimum Gasteiger partial charge on any atom is -0.486 e. The summed E-state index contributed by atoms with van der Waals surface area (Å²) in [4.78, 5) is 43.4. The van der Waals surface area contributed by atoms with Crippen molar-refractivity contribution in [2.24, 2.45) is 11.8 Å². The fraction of sp³-hybridized carbons (Fsp3) is 0.591. The Morgan fingerprint density at radius 1 is 0.867 bits per heavy atom. The molecule has 1 aliphatic carbocycles. The first-order valence-electron chi connectivity index (χ1n) is 10.9. The van der Waals surface area contributed by atoms with Crippen molar-refractivity contribution in [3.05, 3.63) is 18.2 Å². The molecule has 2 saturated heterocycles. The van der Waals surface area contributed by atoms with Gasteiger partial charge < -0.3 is 24.2 Å². The summed E-state index contributed by atoms with van der Waals surface area (Å²) in [5.41, 5.74) is 0.732. The van der Waals surface area contributed by atoms with Gasteiger partial charge in [0.05, 0.1) is 5.92 Å². The van der Waals surface area contributed by atoms with Crippen LogP contribution in [-0.2, 0) is 14.4 Å². The van der Waals surface area contributed by atoms with Gasteiger partial charge in [-0.1, -0.05) is 6.42 Å². The Morgan fingerprint density at radius 2 is 1.50 bits per heavy atom. The van der Waals surface area contributed by atoms with Crippen LogP contribution in [-0.4, -0.2) is 73.5 Å². The third kappa shape index (κ3) is 3.48. The Hall–Kier alpha value is -2.77. The van der Waals surface area contributed by atoms with Gasteiger partial charge in [-0.3, -0.25) is 14.4 Å². The molecule has 0 radical (unpaired) electrons. The molecule has 1 unspecified atom stereocenters. The standard InChI is InChI=1S/C22H27N3O5/c26-20-12-16(14-25(20)17-4-5-18-19(13-17)30-11-10-29-18)22(28)24-8-6-23(7-9-24)21(27)15-2-1-3-15/h4-5,13,15-16H,1-3,6-12,14H2. The summed E-state index contributed by atoms with van der Waals surface area (Å²) in [6, 6.07) is 5.46. The van der Waals surface area contributed by atoms with Crippen LogP contribution in [0.15, 0.2) is 18.2 Å². The van der Waals surface area contributed by atoms with Crippen molar-refractivity contribution in [3.8, 4) is 11.5 Å². The molecule has 0 N–H and O–H groups in total. The zero-order valence-electron chi connectivity index (χ0n) is 17.0. The molecule has 5 rings (SSSR count). The number of nitrogens with zero attached hydrogens (tertiary/aromatic N) is 3. The molecule has 0 bridgehead atoms. The number of hydrogen-bond donors (Lipinski definition) is 0. The molecule has 0 aromatic heterocycles. The highest BCUT2D eigenvalue weighted by molar-refractivity contribution is 6.00. The number of benzene rings is 1. The molecule has 1 aromatic rings. The van der Waals surface area contributed by atoms with Crippen LogP contribution in [0.2, 0.25) is 0 Å². The van der Waals surface area contributed by atoms with E-state index in [2.05, 4.69) is 0 Å². The van der Waals surface area contributed by atoms with Gasteiger partial charge in [0.1, 0.15) is 13.2 Å². The maximum atomic E-state index is 13.0. The molecule has 1 atom stereocenters. The number of fused-ring (bicyclic) bond motifs is 1. The fourth-order valence-electron chi connectivity index (χ4n) is 4.64. The molecule has 3 heterocycles. The van der Waals surface area contributed by atoms with Gasteiger partial charge in [-0.15, -0.1) is 0 Å². The summed E-state index contributed by atoms with van der Waals surface area (Å²) in [5.74, 6) is 1.36. The largest absolute Gasteiger partial charge is 0.486 e. The van der Waals surface area contributed by atoms with E-state index in [1.807, 2.05) is 28.0 Å². The quantitative estimate of drug-likeness (QED) is 0.746. The predicted molar refractivity (Wildman–Crippen MR) is 108 cm³/mol. The van der Waals surface area contributed by atoms with Gasteiger partial charge in [0.15, 0.2) is 11.5 Å². The minimum absolute atomic E-state index is 0.0131. The lowest BCUT2D eigenvalue weighted by atomic mass is 9.84. The number of rotatable bonds is 3. The molecule has 3 fully saturated rings. The zero-order chi connectivity index (χ0) is 20.7. The van der Waals surface area contributed by atoms with Crippen LogP contribution in [0.1, 0.15) is 25.7 Å². The van der Waals surface area contributed by atoms with E-state index in [0.29, 0.717) is 57.4 Å². The van der Waals surface area contributed by atoms with Crippen LogP contribution in [0.3, 0.4) is 0 Å². The number of ether oxygens (including phenoxy) is 2. The van der Waals surface area contributed by atoms with Crippen molar-refractivity contribution >= 4 is 23.4 Å². The molecule has 8 nitrogen and oxygen atoms in total. The number of carbonyl (C=O) groups excluding carboxylic acids is 3. The lowest BCUT2D eigenvalue weighted by molar-refractivity contribution is -0.145. The van der Waals surface area contributed by atoms with E-state index in [9.17, 15) is 14.4 Å². The Balaban J connectivity index is 1.19. The summed E-state index contributed by atoms with van der Waals surface area (Å²) in [5, 5.41) is 0. The van der Waals surface area contributed by atoms with Crippen LogP contribution in [0.25, 0.3) is 0 Å². The van der Waals surface area contributed by atoms with E-state index < -0.39 is 0 Å². The monoisotopic (exact) mass is 413 g/mol. The van der Waals surface area contributed by atoms with Crippen molar-refractivity contribution in [2.45, 2.75) is 25.7 Å². The van der Waals surface area contributed by atoms with E-state index in [-0.39, 0.29) is 36.0 Å². The third-order valence-electron chi connectivity index (χ3n) is 6.67. The maximum absolute atomic E-state index is 13.0. The van der Waals surface area contributed by atoms with Crippen molar-refractivity contribution in [1.82, 2.24) is 9.80 Å². The van der Waals surface area contributed by atoms with Gasteiger partial charge in [0.2, 0.25) is 17.7 Å². The van der Waals surface area contributed by atoms with Gasteiger partial charge in [-0.2, -0.15) is 0 Å². The number of piperazine rings is 1. The van der Waals surface area contributed by atoms with Crippen LogP contribution < -0.4 is 14.4 Å². The molecule has 4 aliphatic rings. The fourth-order valence-corrected chi connectivity index (χ4v) is 4.64. The molecule has 3 amide bonds. The molecule has 160 valence electrons. The number of hydrogen-bond acceptors (Lipinski definition) is 5. The first kappa shape index (κ1) is 19.2. The normalized spacial score (nSPS) is 24.1. The topological polar surface area (TPSA) is 79.4 Å². The maximum Gasteiger partial charge on any atom is 0.228 e. The van der Waals surface area contributed by atoms with Gasteiger partial charge in [-0.25, -0.2) is 0 Å². The summed E-state index contributed by atoms with van der Waals surface area (Å²) >= 11 is 0. The molecule has 1 saturated carbocycles. The second kappa shape index (κ2) is 7.81. The van der Waals surface area contributed by atoms with Gasteiger partial charge >= 0.3 is 0 Å². The molecular weight excluding hydrogens is 386 g/mol. The average Bonchev–Trinajstić information content (AvgIpc) is 3.13. The van der Waals surface area contributed by atoms with Crippen LogP contribution in [0.4, 0.5) is 5.69 Å². The number of anilines is 1. The first-order valence-corrected chi connectivity index (χ1v) is 10.9. The summed E-state index contributed by atoms with van der Waals surface area (Å²) in [6.45, 7) is 3.66. The van der Waals surface area contributed by atoms with E-state index in [4.69, 9.17) is 9.47 Å². The van der Waals surface area contributed by atoms with Crippen molar-refractivity contribution < 1.29 is 23.9 Å². The van der Waals surface area contributed by atoms with Crippen molar-refractivity contribution in [1.29, 1.82) is 0 Å². The molecule has 8 heteroatoms. The molecule has 0 spiro atoms. The second-order valence-electron chi connectivity index (χ2n) is 8.51. The Morgan fingerprint density at radius 3 is 2.13 bits per heavy atom. The summed E-state index contributed by atoms with van der Waals surface area (Å²) in [7, 11) is 0. The summed E-state index contributed by atoms with van der Waals surface area (Å²) in [6.07, 6.45) is 3.36. The highest BCUT2D eigenvalue weighted by Crippen LogP contribution is 2.36. The Kier molecular flexibility index (Phi) is 5.00. The van der Waals surface area contributed by atoms with Gasteiger partial charge in [0.25, 0.3) is 0 Å². The minimum atomic E-state index is -0.348. The van der Waals surface area contributed by atoms with Crippen molar-refractivity contribution in [3.63, 3.8) is 0 Å². The van der Waals surface area contributed by atoms with Crippen LogP contribution in [0.5, 0.6) is 11.5 Å². The summed E-state index contributed by atoms with van der Waals surface area (Å²) < 4.78 is 11.2. The van der Waals surface area contributed by atoms with E-state index >= 15 is 0 Å². The van der Waals surface area contributed by atoms with E-state index in [0.717, 1.165) is 24.9 Å².